The van der Waals surface area contributed by atoms with Gasteiger partial charge in [-0.3, -0.25) is 4.99 Å². The topological polar surface area (TPSA) is 34.1 Å². The first-order valence-electron chi connectivity index (χ1n) is 7.05. The Labute approximate surface area is 130 Å². The third kappa shape index (κ3) is 2.87. The maximum Gasteiger partial charge on any atom is 0.166 e. The number of anilines is 1. The van der Waals surface area contributed by atoms with Crippen LogP contribution in [0.4, 0.5) is 11.4 Å². The monoisotopic (exact) mass is 294 g/mol. The Hall–Kier alpha value is -2.59. The van der Waals surface area contributed by atoms with E-state index in [1.165, 1.54) is 12.8 Å². The molecule has 1 aliphatic heterocycles. The highest BCUT2D eigenvalue weighted by molar-refractivity contribution is 6.21. The summed E-state index contributed by atoms with van der Waals surface area (Å²) in [4.78, 5) is 16.3. The fraction of sp³-hybridized carbons (Fsp3) is 0.167. The number of allylic oxidation sites excluding steroid dienone is 1. The first-order valence-corrected chi connectivity index (χ1v) is 7.05. The highest BCUT2D eigenvalue weighted by atomic mass is 17.2. The molecule has 0 aliphatic carbocycles. The number of hydrogen-bond donors (Lipinski definition) is 0. The fourth-order valence-corrected chi connectivity index (χ4v) is 2.38. The molecule has 4 nitrogen and oxygen atoms in total. The second-order valence-electron chi connectivity index (χ2n) is 5.27. The SMILES string of the molecule is COOc1ccc2c(c1)C(=Cc1ccc(N(C)C)cc1)C=N2. The van der Waals surface area contributed by atoms with Crippen LogP contribution in [0.5, 0.6) is 5.75 Å². The van der Waals surface area contributed by atoms with Gasteiger partial charge in [-0.1, -0.05) is 12.1 Å². The minimum Gasteiger partial charge on any atom is -0.378 e. The van der Waals surface area contributed by atoms with Crippen molar-refractivity contribution in [2.24, 2.45) is 4.99 Å². The summed E-state index contributed by atoms with van der Waals surface area (Å²) in [7, 11) is 5.56. The molecule has 0 atom stereocenters. The second kappa shape index (κ2) is 6.03. The van der Waals surface area contributed by atoms with Crippen molar-refractivity contribution in [1.82, 2.24) is 0 Å². The molecule has 0 radical (unpaired) electrons. The summed E-state index contributed by atoms with van der Waals surface area (Å²) in [6.07, 6.45) is 3.99. The zero-order valence-electron chi connectivity index (χ0n) is 12.9. The zero-order chi connectivity index (χ0) is 15.5. The Morgan fingerprint density at radius 1 is 1.05 bits per heavy atom. The summed E-state index contributed by atoms with van der Waals surface area (Å²) in [5.41, 5.74) is 5.37. The molecule has 2 aromatic carbocycles. The van der Waals surface area contributed by atoms with Crippen LogP contribution in [-0.4, -0.2) is 27.4 Å². The van der Waals surface area contributed by atoms with E-state index >= 15 is 0 Å². The van der Waals surface area contributed by atoms with E-state index < -0.39 is 0 Å². The van der Waals surface area contributed by atoms with Crippen molar-refractivity contribution in [3.8, 4) is 5.75 Å². The zero-order valence-corrected chi connectivity index (χ0v) is 12.9. The molecule has 0 bridgehead atoms. The van der Waals surface area contributed by atoms with Crippen molar-refractivity contribution < 1.29 is 9.78 Å². The molecule has 1 heterocycles. The summed E-state index contributed by atoms with van der Waals surface area (Å²) < 4.78 is 0. The lowest BCUT2D eigenvalue weighted by Gasteiger charge is -2.12. The first kappa shape index (κ1) is 14.4. The number of rotatable bonds is 4. The molecule has 0 aromatic heterocycles. The van der Waals surface area contributed by atoms with Crippen LogP contribution in [0, 0.1) is 0 Å². The van der Waals surface area contributed by atoms with Gasteiger partial charge in [0.05, 0.1) is 12.8 Å². The van der Waals surface area contributed by atoms with Gasteiger partial charge in [0, 0.05) is 37.1 Å². The van der Waals surface area contributed by atoms with E-state index in [4.69, 9.17) is 9.78 Å². The Bertz CT molecular complexity index is 731. The van der Waals surface area contributed by atoms with Crippen LogP contribution in [0.2, 0.25) is 0 Å². The first-order chi connectivity index (χ1) is 10.7. The van der Waals surface area contributed by atoms with Gasteiger partial charge < -0.3 is 9.79 Å². The maximum atomic E-state index is 5.08. The summed E-state index contributed by atoms with van der Waals surface area (Å²) in [5.74, 6) is 0.667. The second-order valence-corrected chi connectivity index (χ2v) is 5.27. The van der Waals surface area contributed by atoms with Gasteiger partial charge in [0.15, 0.2) is 5.75 Å². The molecule has 2 aromatic rings. The lowest BCUT2D eigenvalue weighted by atomic mass is 10.0. The smallest absolute Gasteiger partial charge is 0.166 e. The molecule has 3 rings (SSSR count). The molecule has 4 heteroatoms. The van der Waals surface area contributed by atoms with E-state index in [-0.39, 0.29) is 0 Å². The minimum atomic E-state index is 0.667. The lowest BCUT2D eigenvalue weighted by Crippen LogP contribution is -2.07. The quantitative estimate of drug-likeness (QED) is 0.632. The van der Waals surface area contributed by atoms with Crippen molar-refractivity contribution in [2.45, 2.75) is 0 Å². The van der Waals surface area contributed by atoms with E-state index in [9.17, 15) is 0 Å². The number of nitrogens with zero attached hydrogens (tertiary/aromatic N) is 2. The van der Waals surface area contributed by atoms with Crippen LogP contribution in [0.1, 0.15) is 11.1 Å². The third-order valence-corrected chi connectivity index (χ3v) is 3.53. The fourth-order valence-electron chi connectivity index (χ4n) is 2.38. The van der Waals surface area contributed by atoms with Crippen molar-refractivity contribution in [3.05, 3.63) is 53.6 Å². The standard InChI is InChI=1S/C18H18N2O2/c1-20(2)15-6-4-13(5-7-15)10-14-12-19-18-9-8-16(22-21-3)11-17(14)18/h4-12H,1-3H3. The highest BCUT2D eigenvalue weighted by Crippen LogP contribution is 2.35. The van der Waals surface area contributed by atoms with Gasteiger partial charge in [-0.15, -0.1) is 0 Å². The molecule has 112 valence electrons. The Morgan fingerprint density at radius 3 is 2.50 bits per heavy atom. The van der Waals surface area contributed by atoms with Crippen molar-refractivity contribution in [2.75, 3.05) is 26.1 Å². The van der Waals surface area contributed by atoms with Gasteiger partial charge in [0.2, 0.25) is 0 Å². The number of benzene rings is 2. The molecular weight excluding hydrogens is 276 g/mol. The number of fused-ring (bicyclic) bond motifs is 1. The van der Waals surface area contributed by atoms with Crippen LogP contribution in [0.15, 0.2) is 47.5 Å². The molecule has 0 fully saturated rings. The molecule has 0 saturated heterocycles. The van der Waals surface area contributed by atoms with E-state index in [0.29, 0.717) is 5.75 Å². The molecule has 0 N–H and O–H groups in total. The van der Waals surface area contributed by atoms with Crippen molar-refractivity contribution in [1.29, 1.82) is 0 Å². The average Bonchev–Trinajstić information content (AvgIpc) is 2.91. The average molecular weight is 294 g/mol. The summed E-state index contributed by atoms with van der Waals surface area (Å²) in [5, 5.41) is 0. The molecule has 0 amide bonds. The van der Waals surface area contributed by atoms with Gasteiger partial charge >= 0.3 is 0 Å². The van der Waals surface area contributed by atoms with Crippen LogP contribution < -0.4 is 9.79 Å². The maximum absolute atomic E-state index is 5.08. The Balaban J connectivity index is 1.91. The normalized spacial score (nSPS) is 14.2. The van der Waals surface area contributed by atoms with E-state index in [1.807, 2.05) is 38.5 Å². The molecule has 0 unspecified atom stereocenters. The van der Waals surface area contributed by atoms with Gasteiger partial charge in [0.1, 0.15) is 0 Å². The molecule has 22 heavy (non-hydrogen) atoms. The van der Waals surface area contributed by atoms with E-state index in [1.54, 1.807) is 0 Å². The Kier molecular flexibility index (Phi) is 3.94. The Morgan fingerprint density at radius 2 is 1.82 bits per heavy atom. The number of hydrogen-bond acceptors (Lipinski definition) is 4. The third-order valence-electron chi connectivity index (χ3n) is 3.53. The van der Waals surface area contributed by atoms with Crippen molar-refractivity contribution in [3.63, 3.8) is 0 Å². The molecular formula is C18H18N2O2. The molecule has 0 saturated carbocycles. The molecule has 1 aliphatic rings. The summed E-state index contributed by atoms with van der Waals surface area (Å²) >= 11 is 0. The van der Waals surface area contributed by atoms with Gasteiger partial charge in [0.25, 0.3) is 0 Å². The summed E-state index contributed by atoms with van der Waals surface area (Å²) in [6, 6.07) is 14.1. The lowest BCUT2D eigenvalue weighted by molar-refractivity contribution is -0.178. The van der Waals surface area contributed by atoms with Crippen LogP contribution in [0.25, 0.3) is 11.6 Å². The summed E-state index contributed by atoms with van der Waals surface area (Å²) in [6.45, 7) is 0. The van der Waals surface area contributed by atoms with Crippen LogP contribution >= 0.6 is 0 Å². The van der Waals surface area contributed by atoms with Crippen molar-refractivity contribution >= 4 is 29.2 Å². The van der Waals surface area contributed by atoms with Crippen LogP contribution in [-0.2, 0) is 4.89 Å². The van der Waals surface area contributed by atoms with E-state index in [0.717, 1.165) is 22.4 Å². The minimum absolute atomic E-state index is 0.667. The predicted octanol–water partition coefficient (Wildman–Crippen LogP) is 3.95. The van der Waals surface area contributed by atoms with Crippen LogP contribution in [0.3, 0.4) is 0 Å². The molecule has 0 spiro atoms. The van der Waals surface area contributed by atoms with Gasteiger partial charge in [-0.05, 0) is 42.0 Å². The largest absolute Gasteiger partial charge is 0.378 e. The van der Waals surface area contributed by atoms with Gasteiger partial charge in [-0.25, -0.2) is 0 Å². The highest BCUT2D eigenvalue weighted by Gasteiger charge is 2.13. The number of aliphatic imine (C=N–C) groups is 1. The van der Waals surface area contributed by atoms with E-state index in [2.05, 4.69) is 40.2 Å². The van der Waals surface area contributed by atoms with Gasteiger partial charge in [-0.2, -0.15) is 4.89 Å². The predicted molar refractivity (Wildman–Crippen MR) is 90.9 cm³/mol.